The molecule has 66 valence electrons. The van der Waals surface area contributed by atoms with Gasteiger partial charge in [-0.3, -0.25) is 0 Å². The number of hydrogen-bond acceptors (Lipinski definition) is 2. The van der Waals surface area contributed by atoms with Crippen LogP contribution in [0.1, 0.15) is 0 Å². The molecular weight excluding hydrogens is 235 g/mol. The maximum absolute atomic E-state index is 11.3. The van der Waals surface area contributed by atoms with E-state index >= 15 is 0 Å². The first-order valence-electron chi connectivity index (χ1n) is 3.63. The Morgan fingerprint density at radius 1 is 1.31 bits per heavy atom. The predicted octanol–water partition coefficient (Wildman–Crippen LogP) is -0.213. The van der Waals surface area contributed by atoms with E-state index in [1.54, 1.807) is 0 Å². The summed E-state index contributed by atoms with van der Waals surface area (Å²) in [6.07, 6.45) is 1.46. The van der Waals surface area contributed by atoms with Crippen LogP contribution in [0.25, 0.3) is 10.0 Å². The van der Waals surface area contributed by atoms with Crippen LogP contribution in [0.2, 0.25) is 0 Å². The van der Waals surface area contributed by atoms with Crippen molar-refractivity contribution in [3.8, 4) is 10.0 Å². The summed E-state index contributed by atoms with van der Waals surface area (Å²) in [7, 11) is 0. The van der Waals surface area contributed by atoms with Crippen molar-refractivity contribution >= 4 is 14.5 Å². The summed E-state index contributed by atoms with van der Waals surface area (Å²) < 4.78 is 0.991. The van der Waals surface area contributed by atoms with Crippen LogP contribution >= 0.6 is 0 Å². The molecule has 0 aromatic carbocycles. The van der Waals surface area contributed by atoms with Gasteiger partial charge >= 0.3 is 78.6 Å². The fourth-order valence-corrected chi connectivity index (χ4v) is 2.58. The van der Waals surface area contributed by atoms with E-state index in [0.29, 0.717) is 5.56 Å². The normalized spacial score (nSPS) is 10.2. The molecule has 2 aromatic heterocycles. The van der Waals surface area contributed by atoms with Crippen LogP contribution in [-0.2, 0) is 0 Å². The zero-order valence-electron chi connectivity index (χ0n) is 6.53. The molecule has 0 saturated carbocycles. The number of nitrogens with one attached hydrogen (secondary N) is 2. The molecule has 0 fully saturated rings. The van der Waals surface area contributed by atoms with E-state index in [-0.39, 0.29) is 20.1 Å². The third kappa shape index (κ3) is 1.56. The Morgan fingerprint density at radius 3 is 2.77 bits per heavy atom. The second kappa shape index (κ2) is 3.20. The van der Waals surface area contributed by atoms with Gasteiger partial charge in [0.15, 0.2) is 0 Å². The Kier molecular flexibility index (Phi) is 2.04. The summed E-state index contributed by atoms with van der Waals surface area (Å²) in [6.45, 7) is 0. The van der Waals surface area contributed by atoms with E-state index in [1.807, 2.05) is 17.1 Å². The average molecular weight is 241 g/mol. The number of aromatic nitrogens is 2. The summed E-state index contributed by atoms with van der Waals surface area (Å²) in [5, 5.41) is 0. The van der Waals surface area contributed by atoms with Crippen molar-refractivity contribution in [2.45, 2.75) is 0 Å². The third-order valence-electron chi connectivity index (χ3n) is 1.61. The van der Waals surface area contributed by atoms with Gasteiger partial charge in [-0.15, -0.1) is 0 Å². The summed E-state index contributed by atoms with van der Waals surface area (Å²) >= 11 is 0.214. The van der Waals surface area contributed by atoms with E-state index in [1.165, 1.54) is 6.20 Å². The van der Waals surface area contributed by atoms with Gasteiger partial charge in [-0.1, -0.05) is 0 Å². The van der Waals surface area contributed by atoms with Gasteiger partial charge in [-0.05, 0) is 0 Å². The molecule has 4 nitrogen and oxygen atoms in total. The standard InChI is InChI=1S/C8H6N2O2Se/c11-7-5(4-9-8(12)10-7)6-2-1-3-13-6/h1-4H,(H2,9,10,11,12). The molecule has 2 rings (SSSR count). The first-order chi connectivity index (χ1) is 6.27. The minimum absolute atomic E-state index is 0.214. The Morgan fingerprint density at radius 2 is 2.15 bits per heavy atom. The molecular formula is C8H6N2O2Se. The van der Waals surface area contributed by atoms with Gasteiger partial charge in [0.2, 0.25) is 0 Å². The van der Waals surface area contributed by atoms with Gasteiger partial charge in [0, 0.05) is 0 Å². The molecule has 13 heavy (non-hydrogen) atoms. The molecule has 0 atom stereocenters. The molecule has 0 unspecified atom stereocenters. The van der Waals surface area contributed by atoms with Crippen LogP contribution in [0.5, 0.6) is 0 Å². The monoisotopic (exact) mass is 242 g/mol. The second-order valence-electron chi connectivity index (χ2n) is 2.46. The van der Waals surface area contributed by atoms with Crippen LogP contribution in [0, 0.1) is 0 Å². The van der Waals surface area contributed by atoms with Crippen LogP contribution in [0.15, 0.2) is 32.9 Å². The minimum atomic E-state index is -0.465. The van der Waals surface area contributed by atoms with Gasteiger partial charge in [0.25, 0.3) is 0 Å². The van der Waals surface area contributed by atoms with E-state index in [9.17, 15) is 9.59 Å². The van der Waals surface area contributed by atoms with E-state index in [4.69, 9.17) is 0 Å². The molecule has 2 heterocycles. The molecule has 0 radical (unpaired) electrons. The Balaban J connectivity index is 2.67. The van der Waals surface area contributed by atoms with Gasteiger partial charge in [0.05, 0.1) is 0 Å². The zero-order valence-corrected chi connectivity index (χ0v) is 8.25. The van der Waals surface area contributed by atoms with Crippen molar-refractivity contribution in [2.75, 3.05) is 0 Å². The molecule has 0 spiro atoms. The fraction of sp³-hybridized carbons (Fsp3) is 0. The summed E-state index contributed by atoms with van der Waals surface area (Å²) in [6, 6.07) is 3.81. The van der Waals surface area contributed by atoms with E-state index < -0.39 is 5.69 Å². The Bertz CT molecular complexity index is 509. The molecule has 0 saturated heterocycles. The summed E-state index contributed by atoms with van der Waals surface area (Å²) in [4.78, 5) is 28.7. The summed E-state index contributed by atoms with van der Waals surface area (Å²) in [5.41, 5.74) is -0.224. The van der Waals surface area contributed by atoms with Gasteiger partial charge in [-0.25, -0.2) is 0 Å². The van der Waals surface area contributed by atoms with E-state index in [0.717, 1.165) is 4.44 Å². The SMILES string of the molecule is O=c1[nH]cc(-c2ccc[se]2)c(=O)[nH]1. The van der Waals surface area contributed by atoms with Crippen LogP contribution in [0.4, 0.5) is 0 Å². The number of hydrogen-bond donors (Lipinski definition) is 2. The van der Waals surface area contributed by atoms with Crippen LogP contribution < -0.4 is 11.2 Å². The van der Waals surface area contributed by atoms with E-state index in [2.05, 4.69) is 9.97 Å². The average Bonchev–Trinajstić information content (AvgIpc) is 2.56. The molecule has 5 heteroatoms. The van der Waals surface area contributed by atoms with Crippen molar-refractivity contribution in [3.05, 3.63) is 44.1 Å². The second-order valence-corrected chi connectivity index (χ2v) is 4.45. The number of H-pyrrole nitrogens is 2. The number of aromatic amines is 2. The quantitative estimate of drug-likeness (QED) is 0.678. The Labute approximate surface area is 79.0 Å². The van der Waals surface area contributed by atoms with Gasteiger partial charge in [-0.2, -0.15) is 0 Å². The van der Waals surface area contributed by atoms with Crippen molar-refractivity contribution in [1.82, 2.24) is 9.97 Å². The van der Waals surface area contributed by atoms with Crippen LogP contribution in [0.3, 0.4) is 0 Å². The summed E-state index contributed by atoms with van der Waals surface area (Å²) in [5.74, 6) is 0. The molecule has 0 amide bonds. The molecule has 0 aliphatic carbocycles. The molecule has 0 aliphatic rings. The molecule has 2 N–H and O–H groups in total. The fourth-order valence-electron chi connectivity index (χ4n) is 1.02. The predicted molar refractivity (Wildman–Crippen MR) is 50.1 cm³/mol. The van der Waals surface area contributed by atoms with Crippen molar-refractivity contribution in [3.63, 3.8) is 0 Å². The first-order valence-corrected chi connectivity index (χ1v) is 5.48. The Hall–Kier alpha value is -1.32. The van der Waals surface area contributed by atoms with Crippen LogP contribution in [-0.4, -0.2) is 24.5 Å². The molecule has 2 aromatic rings. The third-order valence-corrected chi connectivity index (χ3v) is 3.50. The zero-order chi connectivity index (χ0) is 9.26. The number of rotatable bonds is 1. The van der Waals surface area contributed by atoms with Crippen molar-refractivity contribution in [1.29, 1.82) is 0 Å². The van der Waals surface area contributed by atoms with Gasteiger partial charge in [0.1, 0.15) is 0 Å². The van der Waals surface area contributed by atoms with Gasteiger partial charge < -0.3 is 0 Å². The van der Waals surface area contributed by atoms with Crippen molar-refractivity contribution in [2.24, 2.45) is 0 Å². The topological polar surface area (TPSA) is 65.7 Å². The molecule has 0 bridgehead atoms. The van der Waals surface area contributed by atoms with Crippen molar-refractivity contribution < 1.29 is 0 Å². The first kappa shape index (κ1) is 8.29. The molecule has 0 aliphatic heterocycles. The maximum atomic E-state index is 11.3.